The van der Waals surface area contributed by atoms with Crippen LogP contribution >= 0.6 is 23.4 Å². The molecule has 178 valence electrons. The van der Waals surface area contributed by atoms with Gasteiger partial charge in [0.1, 0.15) is 30.0 Å². The lowest BCUT2D eigenvalue weighted by molar-refractivity contribution is -0.107. The van der Waals surface area contributed by atoms with E-state index in [1.54, 1.807) is 30.4 Å². The van der Waals surface area contributed by atoms with Gasteiger partial charge in [-0.05, 0) is 42.9 Å². The first-order valence-electron chi connectivity index (χ1n) is 10.5. The van der Waals surface area contributed by atoms with Gasteiger partial charge in [-0.1, -0.05) is 24.4 Å². The SMILES string of the molecule is CNO.COc1cc2ncnc(Nc3ccc(F)c(Cl)c3)c2cc1SCCCCCCC=O. The molecule has 3 rings (SSSR count). The lowest BCUT2D eigenvalue weighted by Crippen LogP contribution is -1.98. The summed E-state index contributed by atoms with van der Waals surface area (Å²) in [6.07, 6.45) is 7.26. The number of benzene rings is 2. The molecule has 0 radical (unpaired) electrons. The third-order valence-corrected chi connectivity index (χ3v) is 5.99. The summed E-state index contributed by atoms with van der Waals surface area (Å²) in [6.45, 7) is 0. The number of methoxy groups -OCH3 is 1. The smallest absolute Gasteiger partial charge is 0.141 e. The molecule has 0 bridgehead atoms. The Morgan fingerprint density at radius 1 is 1.18 bits per heavy atom. The quantitative estimate of drug-likeness (QED) is 0.129. The van der Waals surface area contributed by atoms with E-state index in [1.165, 1.54) is 25.5 Å². The molecule has 33 heavy (non-hydrogen) atoms. The number of aldehydes is 1. The number of hydrogen-bond donors (Lipinski definition) is 3. The number of ether oxygens (including phenoxy) is 1. The number of rotatable bonds is 11. The highest BCUT2D eigenvalue weighted by molar-refractivity contribution is 7.99. The van der Waals surface area contributed by atoms with Crippen LogP contribution in [0.1, 0.15) is 32.1 Å². The number of anilines is 2. The summed E-state index contributed by atoms with van der Waals surface area (Å²) >= 11 is 7.61. The Morgan fingerprint density at radius 2 is 1.94 bits per heavy atom. The second-order valence-corrected chi connectivity index (χ2v) is 8.48. The molecule has 0 amide bonds. The first-order valence-corrected chi connectivity index (χ1v) is 11.8. The van der Waals surface area contributed by atoms with Crippen molar-refractivity contribution in [2.45, 2.75) is 37.0 Å². The highest BCUT2D eigenvalue weighted by Gasteiger charge is 2.12. The van der Waals surface area contributed by atoms with Gasteiger partial charge < -0.3 is 20.1 Å². The largest absolute Gasteiger partial charge is 0.496 e. The van der Waals surface area contributed by atoms with Crippen molar-refractivity contribution in [1.82, 2.24) is 15.4 Å². The van der Waals surface area contributed by atoms with Crippen LogP contribution in [-0.4, -0.2) is 41.4 Å². The second-order valence-electron chi connectivity index (χ2n) is 6.94. The molecular formula is C23H28ClFN4O3S. The molecular weight excluding hydrogens is 467 g/mol. The fourth-order valence-electron chi connectivity index (χ4n) is 3.01. The zero-order valence-corrected chi connectivity index (χ0v) is 20.2. The normalized spacial score (nSPS) is 10.5. The number of hydroxylamine groups is 1. The van der Waals surface area contributed by atoms with E-state index in [1.807, 2.05) is 12.1 Å². The molecule has 0 aliphatic carbocycles. The van der Waals surface area contributed by atoms with Gasteiger partial charge in [0.15, 0.2) is 0 Å². The predicted octanol–water partition coefficient (Wildman–Crippen LogP) is 6.01. The van der Waals surface area contributed by atoms with Gasteiger partial charge in [-0.15, -0.1) is 11.8 Å². The van der Waals surface area contributed by atoms with Crippen LogP contribution in [0.5, 0.6) is 5.75 Å². The van der Waals surface area contributed by atoms with E-state index in [4.69, 9.17) is 21.5 Å². The number of unbranched alkanes of at least 4 members (excludes halogenated alkanes) is 4. The van der Waals surface area contributed by atoms with Crippen molar-refractivity contribution >= 4 is 52.1 Å². The van der Waals surface area contributed by atoms with Gasteiger partial charge in [-0.2, -0.15) is 0 Å². The molecule has 3 aromatic rings. The number of carbonyl (C=O) groups excluding carboxylic acids is 1. The molecule has 3 N–H and O–H groups in total. The second kappa shape index (κ2) is 14.6. The van der Waals surface area contributed by atoms with E-state index >= 15 is 0 Å². The maximum absolute atomic E-state index is 13.4. The number of fused-ring (bicyclic) bond motifs is 1. The summed E-state index contributed by atoms with van der Waals surface area (Å²) in [4.78, 5) is 20.1. The Bertz CT molecular complexity index is 1040. The van der Waals surface area contributed by atoms with Crippen LogP contribution in [0, 0.1) is 5.82 Å². The van der Waals surface area contributed by atoms with Crippen LogP contribution in [0.4, 0.5) is 15.9 Å². The van der Waals surface area contributed by atoms with Crippen LogP contribution in [0.2, 0.25) is 5.02 Å². The zero-order chi connectivity index (χ0) is 24.1. The molecule has 2 aromatic carbocycles. The average Bonchev–Trinajstić information content (AvgIpc) is 2.81. The Labute approximate surface area is 202 Å². The van der Waals surface area contributed by atoms with Crippen LogP contribution in [0.25, 0.3) is 10.9 Å². The molecule has 0 aliphatic heterocycles. The van der Waals surface area contributed by atoms with E-state index < -0.39 is 5.82 Å². The maximum Gasteiger partial charge on any atom is 0.141 e. The minimum Gasteiger partial charge on any atom is -0.496 e. The Balaban J connectivity index is 0.00000122. The van der Waals surface area contributed by atoms with Gasteiger partial charge in [-0.25, -0.2) is 19.8 Å². The number of aromatic nitrogens is 2. The van der Waals surface area contributed by atoms with Crippen molar-refractivity contribution in [2.75, 3.05) is 25.2 Å². The molecule has 0 atom stereocenters. The van der Waals surface area contributed by atoms with Gasteiger partial charge in [0.25, 0.3) is 0 Å². The summed E-state index contributed by atoms with van der Waals surface area (Å²) in [5.74, 6) is 1.86. The number of halogens is 2. The Morgan fingerprint density at radius 3 is 2.64 bits per heavy atom. The minimum absolute atomic E-state index is 0.0458. The summed E-state index contributed by atoms with van der Waals surface area (Å²) in [6, 6.07) is 8.35. The Kier molecular flexibility index (Phi) is 11.9. The number of hydrogen-bond acceptors (Lipinski definition) is 8. The van der Waals surface area contributed by atoms with E-state index in [0.717, 1.165) is 59.3 Å². The summed E-state index contributed by atoms with van der Waals surface area (Å²) in [5, 5.41) is 11.4. The summed E-state index contributed by atoms with van der Waals surface area (Å²) in [7, 11) is 3.07. The van der Waals surface area contributed by atoms with Crippen molar-refractivity contribution in [3.63, 3.8) is 0 Å². The highest BCUT2D eigenvalue weighted by Crippen LogP contribution is 2.36. The van der Waals surface area contributed by atoms with E-state index in [0.29, 0.717) is 17.9 Å². The lowest BCUT2D eigenvalue weighted by atomic mass is 10.2. The topological polar surface area (TPSA) is 96.4 Å². The third-order valence-electron chi connectivity index (χ3n) is 4.58. The third kappa shape index (κ3) is 8.43. The van der Waals surface area contributed by atoms with Gasteiger partial charge in [-0.3, -0.25) is 0 Å². The van der Waals surface area contributed by atoms with Crippen molar-refractivity contribution in [3.05, 3.63) is 47.5 Å². The monoisotopic (exact) mass is 494 g/mol. The Hall–Kier alpha value is -2.46. The number of carbonyl (C=O) groups is 1. The first kappa shape index (κ1) is 26.8. The predicted molar refractivity (Wildman–Crippen MR) is 132 cm³/mol. The van der Waals surface area contributed by atoms with Crippen molar-refractivity contribution in [3.8, 4) is 5.75 Å². The molecule has 0 unspecified atom stereocenters. The molecule has 1 heterocycles. The van der Waals surface area contributed by atoms with Gasteiger partial charge >= 0.3 is 0 Å². The van der Waals surface area contributed by atoms with Gasteiger partial charge in [0.05, 0.1) is 22.5 Å². The molecule has 10 heteroatoms. The molecule has 1 aromatic heterocycles. The van der Waals surface area contributed by atoms with Crippen LogP contribution in [0.15, 0.2) is 41.6 Å². The summed E-state index contributed by atoms with van der Waals surface area (Å²) in [5.41, 5.74) is 3.14. The standard InChI is InChI=1S/C22H23ClFN3O2S.CH5NO/c1-29-20-13-19-16(12-21(20)30-10-6-4-2-3-5-9-28)22(26-14-25-19)27-15-7-8-18(24)17(23)11-15;1-2-3/h7-9,11-14H,2-6,10H2,1H3,(H,25,26,27);2-3H,1H3. The van der Waals surface area contributed by atoms with Gasteiger partial charge in [0.2, 0.25) is 0 Å². The van der Waals surface area contributed by atoms with Crippen LogP contribution in [-0.2, 0) is 4.79 Å². The molecule has 0 saturated heterocycles. The number of thioether (sulfide) groups is 1. The maximum atomic E-state index is 13.4. The summed E-state index contributed by atoms with van der Waals surface area (Å²) < 4.78 is 19.0. The van der Waals surface area contributed by atoms with E-state index in [-0.39, 0.29) is 5.02 Å². The van der Waals surface area contributed by atoms with E-state index in [9.17, 15) is 9.18 Å². The minimum atomic E-state index is -0.468. The fourth-order valence-corrected chi connectivity index (χ4v) is 4.25. The number of nitrogens with one attached hydrogen (secondary N) is 2. The van der Waals surface area contributed by atoms with Crippen molar-refractivity contribution in [1.29, 1.82) is 0 Å². The van der Waals surface area contributed by atoms with E-state index in [2.05, 4.69) is 15.3 Å². The van der Waals surface area contributed by atoms with Crippen molar-refractivity contribution in [2.24, 2.45) is 0 Å². The molecule has 0 spiro atoms. The van der Waals surface area contributed by atoms with Crippen LogP contribution < -0.4 is 15.5 Å². The zero-order valence-electron chi connectivity index (χ0n) is 18.6. The number of nitrogens with zero attached hydrogens (tertiary/aromatic N) is 2. The first-order chi connectivity index (χ1) is 16.0. The van der Waals surface area contributed by atoms with Crippen LogP contribution in [0.3, 0.4) is 0 Å². The molecule has 0 saturated carbocycles. The lowest BCUT2D eigenvalue weighted by Gasteiger charge is -2.13. The van der Waals surface area contributed by atoms with Gasteiger partial charge in [0, 0.05) is 30.6 Å². The molecule has 7 nitrogen and oxygen atoms in total. The van der Waals surface area contributed by atoms with Crippen molar-refractivity contribution < 1.29 is 19.1 Å². The average molecular weight is 495 g/mol. The molecule has 0 aliphatic rings. The fraction of sp³-hybridized carbons (Fsp3) is 0.348. The highest BCUT2D eigenvalue weighted by atomic mass is 35.5. The molecule has 0 fully saturated rings.